The number of hydrogen-bond donors (Lipinski definition) is 1. The Labute approximate surface area is 117 Å². The van der Waals surface area contributed by atoms with Gasteiger partial charge in [0, 0.05) is 18.6 Å². The van der Waals surface area contributed by atoms with Crippen molar-refractivity contribution in [3.8, 4) is 0 Å². The third-order valence-electron chi connectivity index (χ3n) is 4.37. The van der Waals surface area contributed by atoms with E-state index in [1.54, 1.807) is 0 Å². The zero-order valence-corrected chi connectivity index (χ0v) is 12.9. The summed E-state index contributed by atoms with van der Waals surface area (Å²) in [7, 11) is -2.80. The number of unbranched alkanes of at least 4 members (excludes halogenated alkanes) is 1. The van der Waals surface area contributed by atoms with Crippen LogP contribution in [0.15, 0.2) is 0 Å². The van der Waals surface area contributed by atoms with Crippen molar-refractivity contribution >= 4 is 9.84 Å². The van der Waals surface area contributed by atoms with Gasteiger partial charge in [0.2, 0.25) is 0 Å². The van der Waals surface area contributed by atoms with Crippen molar-refractivity contribution < 1.29 is 8.42 Å². The molecule has 0 saturated carbocycles. The highest BCUT2D eigenvalue weighted by Gasteiger charge is 2.30. The fourth-order valence-corrected chi connectivity index (χ4v) is 5.00. The quantitative estimate of drug-likeness (QED) is 0.803. The second-order valence-corrected chi connectivity index (χ2v) is 8.28. The van der Waals surface area contributed by atoms with Gasteiger partial charge in [0.25, 0.3) is 0 Å². The summed E-state index contributed by atoms with van der Waals surface area (Å²) < 4.78 is 23.7. The summed E-state index contributed by atoms with van der Waals surface area (Å²) in [6, 6.07) is 0.828. The van der Waals surface area contributed by atoms with Gasteiger partial charge in [-0.1, -0.05) is 13.3 Å². The Bertz CT molecular complexity index is 364. The molecule has 112 valence electrons. The molecule has 2 fully saturated rings. The Hall–Kier alpha value is -0.130. The summed E-state index contributed by atoms with van der Waals surface area (Å²) in [4.78, 5) is 2.45. The van der Waals surface area contributed by atoms with Crippen LogP contribution in [0.25, 0.3) is 0 Å². The summed E-state index contributed by atoms with van der Waals surface area (Å²) in [5, 5.41) is 3.53. The van der Waals surface area contributed by atoms with Crippen molar-refractivity contribution in [2.24, 2.45) is 0 Å². The Kier molecular flexibility index (Phi) is 5.66. The minimum atomic E-state index is -2.80. The molecule has 1 N–H and O–H groups in total. The van der Waals surface area contributed by atoms with Gasteiger partial charge in [-0.25, -0.2) is 8.42 Å². The maximum atomic E-state index is 11.8. The molecule has 19 heavy (non-hydrogen) atoms. The fourth-order valence-electron chi connectivity index (χ4n) is 3.27. The van der Waals surface area contributed by atoms with Gasteiger partial charge in [0.15, 0.2) is 9.84 Å². The highest BCUT2D eigenvalue weighted by Crippen LogP contribution is 2.20. The zero-order chi connectivity index (χ0) is 13.7. The van der Waals surface area contributed by atoms with Crippen LogP contribution < -0.4 is 5.32 Å². The van der Waals surface area contributed by atoms with Crippen LogP contribution in [0.1, 0.15) is 45.4 Å². The minimum Gasteiger partial charge on any atom is -0.313 e. The molecule has 0 radical (unpaired) electrons. The van der Waals surface area contributed by atoms with Crippen LogP contribution in [0.4, 0.5) is 0 Å². The normalized spacial score (nSPS) is 30.8. The monoisotopic (exact) mass is 288 g/mol. The van der Waals surface area contributed by atoms with Crippen LogP contribution in [-0.2, 0) is 9.84 Å². The first-order valence-corrected chi connectivity index (χ1v) is 9.61. The average Bonchev–Trinajstić information content (AvgIpc) is 2.86. The van der Waals surface area contributed by atoms with Gasteiger partial charge >= 0.3 is 0 Å². The lowest BCUT2D eigenvalue weighted by atomic mass is 10.1. The van der Waals surface area contributed by atoms with E-state index in [2.05, 4.69) is 17.1 Å². The maximum Gasteiger partial charge on any atom is 0.151 e. The van der Waals surface area contributed by atoms with E-state index in [-0.39, 0.29) is 6.04 Å². The van der Waals surface area contributed by atoms with E-state index in [0.717, 1.165) is 32.5 Å². The maximum absolute atomic E-state index is 11.8. The van der Waals surface area contributed by atoms with Crippen molar-refractivity contribution in [3.05, 3.63) is 0 Å². The third kappa shape index (κ3) is 4.72. The summed E-state index contributed by atoms with van der Waals surface area (Å²) in [5.74, 6) is 0.774. The van der Waals surface area contributed by atoms with Gasteiger partial charge in [0.1, 0.15) is 0 Å². The van der Waals surface area contributed by atoms with E-state index in [9.17, 15) is 8.42 Å². The van der Waals surface area contributed by atoms with E-state index in [1.165, 1.54) is 25.7 Å². The zero-order valence-electron chi connectivity index (χ0n) is 12.1. The molecule has 2 saturated heterocycles. The largest absolute Gasteiger partial charge is 0.313 e. The Morgan fingerprint density at radius 1 is 1.26 bits per heavy atom. The predicted octanol–water partition coefficient (Wildman–Crippen LogP) is 1.42. The number of rotatable bonds is 6. The van der Waals surface area contributed by atoms with Gasteiger partial charge in [-0.3, -0.25) is 4.90 Å². The SMILES string of the molecule is CCCCN(CC1CCCN1)C1CCCS(=O)(=O)C1. The van der Waals surface area contributed by atoms with Crippen LogP contribution in [0, 0.1) is 0 Å². The second-order valence-electron chi connectivity index (χ2n) is 6.05. The van der Waals surface area contributed by atoms with Crippen molar-refractivity contribution in [2.45, 2.75) is 57.5 Å². The van der Waals surface area contributed by atoms with E-state index in [4.69, 9.17) is 0 Å². The molecule has 2 heterocycles. The molecular formula is C14H28N2O2S. The van der Waals surface area contributed by atoms with E-state index < -0.39 is 9.84 Å². The van der Waals surface area contributed by atoms with Crippen molar-refractivity contribution in [1.29, 1.82) is 0 Å². The molecule has 2 aliphatic heterocycles. The molecule has 0 aromatic carbocycles. The topological polar surface area (TPSA) is 49.4 Å². The summed E-state index contributed by atoms with van der Waals surface area (Å²) in [5.41, 5.74) is 0. The number of sulfone groups is 1. The van der Waals surface area contributed by atoms with Crippen molar-refractivity contribution in [3.63, 3.8) is 0 Å². The lowest BCUT2D eigenvalue weighted by Gasteiger charge is -2.35. The standard InChI is InChI=1S/C14H28N2O2S/c1-2-3-9-16(11-13-6-4-8-15-13)14-7-5-10-19(17,18)12-14/h13-15H,2-12H2,1H3. The lowest BCUT2D eigenvalue weighted by molar-refractivity contribution is 0.178. The first-order chi connectivity index (χ1) is 9.11. The van der Waals surface area contributed by atoms with Crippen molar-refractivity contribution in [2.75, 3.05) is 31.1 Å². The highest BCUT2D eigenvalue weighted by atomic mass is 32.2. The minimum absolute atomic E-state index is 0.257. The van der Waals surface area contributed by atoms with Gasteiger partial charge in [-0.2, -0.15) is 0 Å². The molecule has 0 aromatic rings. The number of nitrogens with one attached hydrogen (secondary N) is 1. The molecular weight excluding hydrogens is 260 g/mol. The summed E-state index contributed by atoms with van der Waals surface area (Å²) in [6.45, 7) is 5.40. The van der Waals surface area contributed by atoms with Gasteiger partial charge < -0.3 is 5.32 Å². The van der Waals surface area contributed by atoms with E-state index >= 15 is 0 Å². The van der Waals surface area contributed by atoms with Crippen LogP contribution in [0.3, 0.4) is 0 Å². The van der Waals surface area contributed by atoms with Crippen LogP contribution in [0.5, 0.6) is 0 Å². The van der Waals surface area contributed by atoms with Crippen LogP contribution >= 0.6 is 0 Å². The van der Waals surface area contributed by atoms with E-state index in [0.29, 0.717) is 17.5 Å². The predicted molar refractivity (Wildman–Crippen MR) is 79.2 cm³/mol. The third-order valence-corrected chi connectivity index (χ3v) is 6.17. The molecule has 2 atom stereocenters. The number of hydrogen-bond acceptors (Lipinski definition) is 4. The molecule has 0 aliphatic carbocycles. The first-order valence-electron chi connectivity index (χ1n) is 7.78. The highest BCUT2D eigenvalue weighted by molar-refractivity contribution is 7.91. The molecule has 2 rings (SSSR count). The smallest absolute Gasteiger partial charge is 0.151 e. The molecule has 5 heteroatoms. The summed E-state index contributed by atoms with van der Waals surface area (Å²) >= 11 is 0. The van der Waals surface area contributed by atoms with Gasteiger partial charge in [-0.15, -0.1) is 0 Å². The molecule has 0 aromatic heterocycles. The molecule has 0 spiro atoms. The lowest BCUT2D eigenvalue weighted by Crippen LogP contribution is -2.48. The Morgan fingerprint density at radius 2 is 2.11 bits per heavy atom. The van der Waals surface area contributed by atoms with E-state index in [1.807, 2.05) is 0 Å². The Balaban J connectivity index is 1.94. The fraction of sp³-hybridized carbons (Fsp3) is 1.00. The van der Waals surface area contributed by atoms with Crippen LogP contribution in [-0.4, -0.2) is 56.5 Å². The molecule has 2 unspecified atom stereocenters. The van der Waals surface area contributed by atoms with Crippen molar-refractivity contribution in [1.82, 2.24) is 10.2 Å². The average molecular weight is 288 g/mol. The molecule has 4 nitrogen and oxygen atoms in total. The van der Waals surface area contributed by atoms with Crippen LogP contribution in [0.2, 0.25) is 0 Å². The Morgan fingerprint density at radius 3 is 2.74 bits per heavy atom. The second kappa shape index (κ2) is 7.04. The first kappa shape index (κ1) is 15.3. The summed E-state index contributed by atoms with van der Waals surface area (Å²) in [6.07, 6.45) is 6.73. The number of nitrogens with zero attached hydrogens (tertiary/aromatic N) is 1. The molecule has 2 aliphatic rings. The molecule has 0 amide bonds. The molecule has 0 bridgehead atoms. The van der Waals surface area contributed by atoms with Gasteiger partial charge in [-0.05, 0) is 45.2 Å². The van der Waals surface area contributed by atoms with Gasteiger partial charge in [0.05, 0.1) is 11.5 Å².